The van der Waals surface area contributed by atoms with Gasteiger partial charge in [-0.2, -0.15) is 0 Å². The van der Waals surface area contributed by atoms with Gasteiger partial charge >= 0.3 is 0 Å². The number of rotatable bonds is 4. The zero-order valence-electron chi connectivity index (χ0n) is 14.5. The van der Waals surface area contributed by atoms with E-state index in [1.165, 1.54) is 17.4 Å². The van der Waals surface area contributed by atoms with Crippen molar-refractivity contribution in [3.05, 3.63) is 58.4 Å². The van der Waals surface area contributed by atoms with Crippen LogP contribution in [0.1, 0.15) is 15.9 Å². The molecule has 0 unspecified atom stereocenters. The van der Waals surface area contributed by atoms with E-state index >= 15 is 0 Å². The Hall–Kier alpha value is -2.65. The molecule has 0 spiro atoms. The van der Waals surface area contributed by atoms with Gasteiger partial charge in [0.05, 0.1) is 22.2 Å². The number of para-hydroxylation sites is 1. The summed E-state index contributed by atoms with van der Waals surface area (Å²) in [6.07, 6.45) is 1.07. The topological polar surface area (TPSA) is 92.6 Å². The van der Waals surface area contributed by atoms with Crippen LogP contribution in [0, 0.1) is 6.92 Å². The fourth-order valence-corrected chi connectivity index (χ4v) is 4.02. The number of nitrogens with one attached hydrogen (secondary N) is 2. The van der Waals surface area contributed by atoms with E-state index in [1.54, 1.807) is 19.1 Å². The SMILES string of the molecule is Cc1ccc(C(=O)N/N=c2\sc3ccccc3n2C)cc1NS(C)(=O)=O. The maximum atomic E-state index is 12.4. The van der Waals surface area contributed by atoms with Crippen molar-refractivity contribution in [1.29, 1.82) is 0 Å². The van der Waals surface area contributed by atoms with Gasteiger partial charge in [-0.3, -0.25) is 9.52 Å². The number of aryl methyl sites for hydroxylation is 2. The van der Waals surface area contributed by atoms with Crippen LogP contribution in [0.4, 0.5) is 5.69 Å². The normalized spacial score (nSPS) is 12.3. The molecule has 2 N–H and O–H groups in total. The summed E-state index contributed by atoms with van der Waals surface area (Å²) in [6, 6.07) is 12.7. The standard InChI is InChI=1S/C17H18N4O3S2/c1-11-8-9-12(10-13(11)20-26(3,23)24)16(22)18-19-17-21(2)14-6-4-5-7-15(14)25-17/h4-10,20H,1-3H3,(H,18,22)/b19-17-. The van der Waals surface area contributed by atoms with Gasteiger partial charge in [0.25, 0.3) is 5.91 Å². The van der Waals surface area contributed by atoms with Crippen LogP contribution in [-0.2, 0) is 17.1 Å². The summed E-state index contributed by atoms with van der Waals surface area (Å²) in [4.78, 5) is 13.0. The third kappa shape index (κ3) is 3.94. The van der Waals surface area contributed by atoms with E-state index in [1.807, 2.05) is 35.9 Å². The molecule has 1 aromatic heterocycles. The lowest BCUT2D eigenvalue weighted by atomic mass is 10.1. The molecule has 0 saturated heterocycles. The Morgan fingerprint density at radius 3 is 2.62 bits per heavy atom. The van der Waals surface area contributed by atoms with Gasteiger partial charge < -0.3 is 4.57 Å². The predicted octanol–water partition coefficient (Wildman–Crippen LogP) is 2.17. The molecule has 0 aliphatic heterocycles. The number of hydrogen-bond acceptors (Lipinski definition) is 5. The second-order valence-electron chi connectivity index (χ2n) is 5.87. The molecule has 3 rings (SSSR count). The van der Waals surface area contributed by atoms with E-state index in [0.717, 1.165) is 22.0 Å². The monoisotopic (exact) mass is 390 g/mol. The highest BCUT2D eigenvalue weighted by atomic mass is 32.2. The summed E-state index contributed by atoms with van der Waals surface area (Å²) in [7, 11) is -1.55. The van der Waals surface area contributed by atoms with E-state index in [0.29, 0.717) is 16.1 Å². The molecule has 0 saturated carbocycles. The van der Waals surface area contributed by atoms with Crippen molar-refractivity contribution < 1.29 is 13.2 Å². The fraction of sp³-hybridized carbons (Fsp3) is 0.176. The van der Waals surface area contributed by atoms with E-state index < -0.39 is 15.9 Å². The number of aromatic nitrogens is 1. The predicted molar refractivity (Wildman–Crippen MR) is 103 cm³/mol. The Morgan fingerprint density at radius 1 is 1.19 bits per heavy atom. The number of benzene rings is 2. The Labute approximate surface area is 155 Å². The molecule has 0 bridgehead atoms. The average molecular weight is 390 g/mol. The fourth-order valence-electron chi connectivity index (χ4n) is 2.42. The number of hydrogen-bond donors (Lipinski definition) is 2. The molecule has 0 fully saturated rings. The van der Waals surface area contributed by atoms with Crippen molar-refractivity contribution in [3.63, 3.8) is 0 Å². The van der Waals surface area contributed by atoms with Gasteiger partial charge in [-0.15, -0.1) is 5.10 Å². The maximum Gasteiger partial charge on any atom is 0.271 e. The molecular weight excluding hydrogens is 372 g/mol. The van der Waals surface area contributed by atoms with E-state index in [9.17, 15) is 13.2 Å². The van der Waals surface area contributed by atoms with Crippen LogP contribution in [0.15, 0.2) is 47.6 Å². The van der Waals surface area contributed by atoms with E-state index in [2.05, 4.69) is 15.2 Å². The Bertz CT molecular complexity index is 1160. The van der Waals surface area contributed by atoms with Crippen molar-refractivity contribution in [2.24, 2.45) is 12.1 Å². The molecule has 0 aliphatic carbocycles. The molecule has 9 heteroatoms. The van der Waals surface area contributed by atoms with Gasteiger partial charge in [0.1, 0.15) is 0 Å². The van der Waals surface area contributed by atoms with Gasteiger partial charge in [-0.25, -0.2) is 13.8 Å². The Morgan fingerprint density at radius 2 is 1.92 bits per heavy atom. The van der Waals surface area contributed by atoms with Gasteiger partial charge in [0.15, 0.2) is 0 Å². The van der Waals surface area contributed by atoms with Crippen LogP contribution in [0.5, 0.6) is 0 Å². The number of nitrogens with zero attached hydrogens (tertiary/aromatic N) is 2. The third-order valence-electron chi connectivity index (χ3n) is 3.76. The van der Waals surface area contributed by atoms with Crippen LogP contribution in [-0.4, -0.2) is 25.1 Å². The number of anilines is 1. The number of amides is 1. The third-order valence-corrected chi connectivity index (χ3v) is 5.47. The van der Waals surface area contributed by atoms with E-state index in [-0.39, 0.29) is 0 Å². The lowest BCUT2D eigenvalue weighted by Crippen LogP contribution is -2.23. The first-order valence-electron chi connectivity index (χ1n) is 7.72. The van der Waals surface area contributed by atoms with Gasteiger partial charge in [-0.05, 0) is 36.8 Å². The van der Waals surface area contributed by atoms with Crippen molar-refractivity contribution in [2.75, 3.05) is 11.0 Å². The maximum absolute atomic E-state index is 12.4. The summed E-state index contributed by atoms with van der Waals surface area (Å²) in [5.41, 5.74) is 4.96. The second-order valence-corrected chi connectivity index (χ2v) is 8.63. The summed E-state index contributed by atoms with van der Waals surface area (Å²) < 4.78 is 28.2. The smallest absolute Gasteiger partial charge is 0.271 e. The number of carbonyl (C=O) groups is 1. The molecule has 0 atom stereocenters. The summed E-state index contributed by atoms with van der Waals surface area (Å²) >= 11 is 1.46. The molecular formula is C17H18N4O3S2. The molecule has 26 heavy (non-hydrogen) atoms. The molecule has 0 radical (unpaired) electrons. The lowest BCUT2D eigenvalue weighted by molar-refractivity contribution is 0.0953. The lowest BCUT2D eigenvalue weighted by Gasteiger charge is -2.09. The van der Waals surface area contributed by atoms with Gasteiger partial charge in [-0.1, -0.05) is 29.5 Å². The van der Waals surface area contributed by atoms with Crippen molar-refractivity contribution in [3.8, 4) is 0 Å². The molecule has 136 valence electrons. The van der Waals surface area contributed by atoms with Crippen molar-refractivity contribution >= 4 is 43.2 Å². The summed E-state index contributed by atoms with van der Waals surface area (Å²) in [6.45, 7) is 1.76. The second kappa shape index (κ2) is 6.93. The number of thiazole rings is 1. The van der Waals surface area contributed by atoms with Crippen LogP contribution >= 0.6 is 11.3 Å². The van der Waals surface area contributed by atoms with Crippen molar-refractivity contribution in [1.82, 2.24) is 9.99 Å². The molecule has 1 amide bonds. The first-order valence-corrected chi connectivity index (χ1v) is 10.4. The van der Waals surface area contributed by atoms with Crippen LogP contribution < -0.4 is 14.9 Å². The molecule has 2 aromatic carbocycles. The zero-order valence-corrected chi connectivity index (χ0v) is 16.1. The van der Waals surface area contributed by atoms with E-state index in [4.69, 9.17) is 0 Å². The highest BCUT2D eigenvalue weighted by Gasteiger charge is 2.11. The first kappa shape index (κ1) is 18.2. The van der Waals surface area contributed by atoms with Gasteiger partial charge in [0.2, 0.25) is 14.8 Å². The highest BCUT2D eigenvalue weighted by molar-refractivity contribution is 7.92. The average Bonchev–Trinajstić information content (AvgIpc) is 2.90. The van der Waals surface area contributed by atoms with Crippen LogP contribution in [0.3, 0.4) is 0 Å². The minimum absolute atomic E-state index is 0.314. The molecule has 3 aromatic rings. The largest absolute Gasteiger partial charge is 0.318 e. The Kier molecular flexibility index (Phi) is 4.84. The number of sulfonamides is 1. The quantitative estimate of drug-likeness (QED) is 0.669. The first-order chi connectivity index (χ1) is 12.2. The van der Waals surface area contributed by atoms with Crippen LogP contribution in [0.2, 0.25) is 0 Å². The highest BCUT2D eigenvalue weighted by Crippen LogP contribution is 2.18. The van der Waals surface area contributed by atoms with Gasteiger partial charge in [0, 0.05) is 12.6 Å². The minimum atomic E-state index is -3.42. The molecule has 1 heterocycles. The summed E-state index contributed by atoms with van der Waals surface area (Å²) in [5, 5.41) is 4.19. The zero-order chi connectivity index (χ0) is 18.9. The minimum Gasteiger partial charge on any atom is -0.318 e. The Balaban J connectivity index is 1.88. The summed E-state index contributed by atoms with van der Waals surface area (Å²) in [5.74, 6) is -0.418. The van der Waals surface area contributed by atoms with Crippen LogP contribution in [0.25, 0.3) is 10.2 Å². The molecule has 0 aliphatic rings. The number of carbonyl (C=O) groups excluding carboxylic acids is 1. The molecule has 7 nitrogen and oxygen atoms in total. The number of fused-ring (bicyclic) bond motifs is 1. The van der Waals surface area contributed by atoms with Crippen molar-refractivity contribution in [2.45, 2.75) is 6.92 Å².